The Hall–Kier alpha value is -2.62. The lowest BCUT2D eigenvalue weighted by Gasteiger charge is -2.42. The monoisotopic (exact) mass is 459 g/mol. The third-order valence-electron chi connectivity index (χ3n) is 6.27. The summed E-state index contributed by atoms with van der Waals surface area (Å²) in [5.41, 5.74) is 0.477. The minimum atomic E-state index is -0.161. The van der Waals surface area contributed by atoms with Crippen LogP contribution in [0.4, 0.5) is 0 Å². The molecule has 2 aliphatic heterocycles. The predicted octanol–water partition coefficient (Wildman–Crippen LogP) is 2.96. The van der Waals surface area contributed by atoms with E-state index in [-0.39, 0.29) is 23.7 Å². The fourth-order valence-electron chi connectivity index (χ4n) is 4.26. The summed E-state index contributed by atoms with van der Waals surface area (Å²) in [6.07, 6.45) is 3.35. The zero-order valence-corrected chi connectivity index (χ0v) is 18.8. The number of aromatic amines is 1. The lowest BCUT2D eigenvalue weighted by Crippen LogP contribution is -2.54. The first-order chi connectivity index (χ1) is 15.5. The van der Waals surface area contributed by atoms with Gasteiger partial charge in [0.05, 0.1) is 30.4 Å². The van der Waals surface area contributed by atoms with Crippen LogP contribution < -0.4 is 15.0 Å². The molecule has 32 heavy (non-hydrogen) atoms. The van der Waals surface area contributed by atoms with Gasteiger partial charge in [-0.05, 0) is 31.9 Å². The number of benzene rings is 1. The van der Waals surface area contributed by atoms with Gasteiger partial charge in [0.15, 0.2) is 5.65 Å². The summed E-state index contributed by atoms with van der Waals surface area (Å²) in [5, 5.41) is 5.53. The van der Waals surface area contributed by atoms with E-state index in [4.69, 9.17) is 30.8 Å². The minimum Gasteiger partial charge on any atom is -0.497 e. The SMILES string of the molecule is COc1ccc(Cl)c(OC2CN(C(C)c3nc4c(cnn4C4CCOCC4)c(=O)[nH]3)C2)c1. The van der Waals surface area contributed by atoms with Crippen molar-refractivity contribution in [2.75, 3.05) is 33.4 Å². The molecule has 0 aliphatic carbocycles. The molecule has 0 amide bonds. The molecule has 9 nitrogen and oxygen atoms in total. The van der Waals surface area contributed by atoms with Crippen molar-refractivity contribution in [3.05, 3.63) is 45.6 Å². The van der Waals surface area contributed by atoms with Crippen molar-refractivity contribution < 1.29 is 14.2 Å². The highest BCUT2D eigenvalue weighted by Crippen LogP contribution is 2.33. The van der Waals surface area contributed by atoms with E-state index in [0.29, 0.717) is 59.7 Å². The number of nitrogens with one attached hydrogen (secondary N) is 1. The molecule has 4 heterocycles. The van der Waals surface area contributed by atoms with E-state index in [1.807, 2.05) is 11.6 Å². The van der Waals surface area contributed by atoms with Gasteiger partial charge >= 0.3 is 0 Å². The highest BCUT2D eigenvalue weighted by molar-refractivity contribution is 6.32. The quantitative estimate of drug-likeness (QED) is 0.605. The third-order valence-corrected chi connectivity index (χ3v) is 6.58. The van der Waals surface area contributed by atoms with Crippen molar-refractivity contribution in [1.82, 2.24) is 24.6 Å². The Morgan fingerprint density at radius 1 is 1.28 bits per heavy atom. The number of hydrogen-bond acceptors (Lipinski definition) is 7. The van der Waals surface area contributed by atoms with Crippen molar-refractivity contribution in [1.29, 1.82) is 0 Å². The maximum absolute atomic E-state index is 12.7. The number of methoxy groups -OCH3 is 1. The summed E-state index contributed by atoms with van der Waals surface area (Å²) in [6.45, 7) is 4.84. The number of H-pyrrole nitrogens is 1. The maximum atomic E-state index is 12.7. The number of aromatic nitrogens is 4. The normalized spacial score (nSPS) is 19.1. The maximum Gasteiger partial charge on any atom is 0.262 e. The number of likely N-dealkylation sites (tertiary alicyclic amines) is 1. The first-order valence-corrected chi connectivity index (χ1v) is 11.2. The number of ether oxygens (including phenoxy) is 3. The van der Waals surface area contributed by atoms with Crippen LogP contribution in [0.2, 0.25) is 5.02 Å². The molecule has 1 unspecified atom stereocenters. The van der Waals surface area contributed by atoms with Crippen molar-refractivity contribution in [2.45, 2.75) is 38.0 Å². The molecule has 1 atom stereocenters. The van der Waals surface area contributed by atoms with Crippen LogP contribution in [0.25, 0.3) is 11.0 Å². The Kier molecular flexibility index (Phi) is 5.79. The van der Waals surface area contributed by atoms with Crippen molar-refractivity contribution in [3.8, 4) is 11.5 Å². The largest absolute Gasteiger partial charge is 0.497 e. The van der Waals surface area contributed by atoms with Gasteiger partial charge in [-0.15, -0.1) is 0 Å². The zero-order chi connectivity index (χ0) is 22.2. The molecule has 0 saturated carbocycles. The third kappa shape index (κ3) is 3.96. The average Bonchev–Trinajstić information content (AvgIpc) is 3.22. The van der Waals surface area contributed by atoms with Gasteiger partial charge in [-0.25, -0.2) is 9.67 Å². The molecular formula is C22H26ClN5O4. The van der Waals surface area contributed by atoms with Crippen LogP contribution in [0.1, 0.15) is 37.7 Å². The minimum absolute atomic E-state index is 0.00489. The molecule has 5 rings (SSSR count). The topological polar surface area (TPSA) is 94.5 Å². The van der Waals surface area contributed by atoms with Gasteiger partial charge in [0.25, 0.3) is 5.56 Å². The summed E-state index contributed by atoms with van der Waals surface area (Å²) in [6, 6.07) is 5.49. The summed E-state index contributed by atoms with van der Waals surface area (Å²) in [4.78, 5) is 22.6. The molecule has 2 aromatic heterocycles. The first-order valence-electron chi connectivity index (χ1n) is 10.8. The van der Waals surface area contributed by atoms with E-state index < -0.39 is 0 Å². The second-order valence-electron chi connectivity index (χ2n) is 8.29. The second-order valence-corrected chi connectivity index (χ2v) is 8.69. The fraction of sp³-hybridized carbons (Fsp3) is 0.500. The summed E-state index contributed by atoms with van der Waals surface area (Å²) >= 11 is 6.25. The van der Waals surface area contributed by atoms with Crippen LogP contribution in [-0.4, -0.2) is 64.2 Å². The van der Waals surface area contributed by atoms with Crippen LogP contribution in [0.15, 0.2) is 29.2 Å². The predicted molar refractivity (Wildman–Crippen MR) is 120 cm³/mol. The molecule has 2 fully saturated rings. The molecule has 1 N–H and O–H groups in total. The van der Waals surface area contributed by atoms with E-state index in [1.165, 1.54) is 0 Å². The molecule has 3 aromatic rings. The molecule has 1 aromatic carbocycles. The van der Waals surface area contributed by atoms with Crippen LogP contribution in [-0.2, 0) is 4.74 Å². The average molecular weight is 460 g/mol. The highest BCUT2D eigenvalue weighted by atomic mass is 35.5. The van der Waals surface area contributed by atoms with Gasteiger partial charge in [0.2, 0.25) is 0 Å². The van der Waals surface area contributed by atoms with Crippen molar-refractivity contribution >= 4 is 22.6 Å². The Morgan fingerprint density at radius 3 is 2.81 bits per heavy atom. The van der Waals surface area contributed by atoms with Crippen LogP contribution in [0.3, 0.4) is 0 Å². The van der Waals surface area contributed by atoms with E-state index in [0.717, 1.165) is 12.8 Å². The smallest absolute Gasteiger partial charge is 0.262 e. The number of halogens is 1. The van der Waals surface area contributed by atoms with Gasteiger partial charge in [-0.3, -0.25) is 9.69 Å². The van der Waals surface area contributed by atoms with Gasteiger partial charge in [-0.1, -0.05) is 11.6 Å². The lowest BCUT2D eigenvalue weighted by atomic mass is 10.1. The van der Waals surface area contributed by atoms with E-state index >= 15 is 0 Å². The summed E-state index contributed by atoms with van der Waals surface area (Å²) in [7, 11) is 1.61. The fourth-order valence-corrected chi connectivity index (χ4v) is 4.42. The van der Waals surface area contributed by atoms with Gasteiger partial charge in [0, 0.05) is 32.4 Å². The summed E-state index contributed by atoms with van der Waals surface area (Å²) < 4.78 is 18.6. The molecule has 2 aliphatic rings. The Bertz CT molecular complexity index is 1170. The molecule has 0 radical (unpaired) electrons. The van der Waals surface area contributed by atoms with Crippen molar-refractivity contribution in [3.63, 3.8) is 0 Å². The summed E-state index contributed by atoms with van der Waals surface area (Å²) in [5.74, 6) is 1.94. The molecule has 10 heteroatoms. The number of fused-ring (bicyclic) bond motifs is 1. The Balaban J connectivity index is 1.30. The Labute approximate surface area is 190 Å². The van der Waals surface area contributed by atoms with Gasteiger partial charge in [0.1, 0.15) is 28.8 Å². The second kappa shape index (κ2) is 8.73. The molecule has 0 bridgehead atoms. The van der Waals surface area contributed by atoms with Gasteiger partial charge < -0.3 is 19.2 Å². The van der Waals surface area contributed by atoms with E-state index in [9.17, 15) is 4.79 Å². The Morgan fingerprint density at radius 2 is 2.06 bits per heavy atom. The lowest BCUT2D eigenvalue weighted by molar-refractivity contribution is -0.00739. The number of hydrogen-bond donors (Lipinski definition) is 1. The van der Waals surface area contributed by atoms with Crippen LogP contribution >= 0.6 is 11.6 Å². The molecule has 0 spiro atoms. The van der Waals surface area contributed by atoms with Crippen molar-refractivity contribution in [2.24, 2.45) is 0 Å². The van der Waals surface area contributed by atoms with E-state index in [2.05, 4.69) is 15.0 Å². The van der Waals surface area contributed by atoms with Gasteiger partial charge in [-0.2, -0.15) is 5.10 Å². The number of nitrogens with zero attached hydrogens (tertiary/aromatic N) is 4. The zero-order valence-electron chi connectivity index (χ0n) is 18.1. The first kappa shape index (κ1) is 21.2. The van der Waals surface area contributed by atoms with Crippen LogP contribution in [0, 0.1) is 0 Å². The molecular weight excluding hydrogens is 434 g/mol. The standard InChI is InChI=1S/C22H26ClN5O4/c1-13(27-11-16(12-27)32-19-9-15(30-2)3-4-18(19)23)20-25-21-17(22(29)26-20)10-24-28(21)14-5-7-31-8-6-14/h3-4,9-10,13-14,16H,5-8,11-12H2,1-2H3,(H,25,26,29). The van der Waals surface area contributed by atoms with E-state index in [1.54, 1.807) is 31.5 Å². The number of rotatable bonds is 6. The highest BCUT2D eigenvalue weighted by Gasteiger charge is 2.34. The van der Waals surface area contributed by atoms with Crippen LogP contribution in [0.5, 0.6) is 11.5 Å². The molecule has 170 valence electrons. The molecule has 2 saturated heterocycles.